The number of halogens is 1. The SMILES string of the molecule is CS(=O)(=O)c1ncc(Br)c(-c2nc3ccncc3s2)n1. The standard InChI is InChI=1S/C11H7BrN4O2S2/c1-20(17,18)11-14-4-6(12)9(16-11)10-15-7-2-3-13-5-8(7)19-10/h2-5H,1H3. The first-order valence-electron chi connectivity index (χ1n) is 5.38. The molecular weight excluding hydrogens is 364 g/mol. The normalized spacial score (nSPS) is 11.9. The van der Waals surface area contributed by atoms with E-state index >= 15 is 0 Å². The Morgan fingerprint density at radius 2 is 2.05 bits per heavy atom. The van der Waals surface area contributed by atoms with Crippen LogP contribution in [0.25, 0.3) is 20.9 Å². The van der Waals surface area contributed by atoms with Gasteiger partial charge < -0.3 is 0 Å². The third-order valence-corrected chi connectivity index (χ3v) is 4.90. The Morgan fingerprint density at radius 1 is 1.25 bits per heavy atom. The third kappa shape index (κ3) is 2.43. The van der Waals surface area contributed by atoms with Crippen molar-refractivity contribution in [3.05, 3.63) is 29.1 Å². The first-order valence-corrected chi connectivity index (χ1v) is 8.89. The van der Waals surface area contributed by atoms with E-state index in [1.165, 1.54) is 17.5 Å². The van der Waals surface area contributed by atoms with Crippen molar-refractivity contribution in [2.75, 3.05) is 6.26 Å². The predicted octanol–water partition coefficient (Wildman–Crippen LogP) is 2.31. The van der Waals surface area contributed by atoms with E-state index in [0.29, 0.717) is 15.2 Å². The lowest BCUT2D eigenvalue weighted by Gasteiger charge is -2.01. The maximum absolute atomic E-state index is 11.5. The van der Waals surface area contributed by atoms with Gasteiger partial charge in [0.2, 0.25) is 15.0 Å². The van der Waals surface area contributed by atoms with Crippen LogP contribution in [0.3, 0.4) is 0 Å². The molecule has 0 atom stereocenters. The third-order valence-electron chi connectivity index (χ3n) is 2.45. The Morgan fingerprint density at radius 3 is 2.75 bits per heavy atom. The van der Waals surface area contributed by atoms with Crippen molar-refractivity contribution in [1.82, 2.24) is 19.9 Å². The zero-order valence-corrected chi connectivity index (χ0v) is 13.3. The number of rotatable bonds is 2. The molecule has 0 unspecified atom stereocenters. The van der Waals surface area contributed by atoms with E-state index in [9.17, 15) is 8.42 Å². The number of sulfone groups is 1. The summed E-state index contributed by atoms with van der Waals surface area (Å²) in [5.41, 5.74) is 1.26. The molecule has 3 heterocycles. The fourth-order valence-corrected chi connectivity index (χ4v) is 3.51. The van der Waals surface area contributed by atoms with Gasteiger partial charge in [-0.3, -0.25) is 4.98 Å². The Labute approximate surface area is 127 Å². The van der Waals surface area contributed by atoms with Crippen LogP contribution in [0.4, 0.5) is 0 Å². The fourth-order valence-electron chi connectivity index (χ4n) is 1.56. The van der Waals surface area contributed by atoms with Gasteiger partial charge in [0.15, 0.2) is 0 Å². The van der Waals surface area contributed by atoms with Gasteiger partial charge in [-0.1, -0.05) is 0 Å². The van der Waals surface area contributed by atoms with Gasteiger partial charge in [0.05, 0.1) is 14.7 Å². The van der Waals surface area contributed by atoms with Crippen molar-refractivity contribution < 1.29 is 8.42 Å². The molecule has 0 radical (unpaired) electrons. The molecule has 0 bridgehead atoms. The van der Waals surface area contributed by atoms with Gasteiger partial charge in [0.1, 0.15) is 10.7 Å². The number of thiazole rings is 1. The molecule has 9 heteroatoms. The summed E-state index contributed by atoms with van der Waals surface area (Å²) >= 11 is 4.72. The van der Waals surface area contributed by atoms with Crippen molar-refractivity contribution in [1.29, 1.82) is 0 Å². The van der Waals surface area contributed by atoms with Crippen LogP contribution >= 0.6 is 27.3 Å². The minimum absolute atomic E-state index is 0.215. The van der Waals surface area contributed by atoms with Crippen LogP contribution in [-0.4, -0.2) is 34.6 Å². The highest BCUT2D eigenvalue weighted by Crippen LogP contribution is 2.32. The van der Waals surface area contributed by atoms with Crippen molar-refractivity contribution in [3.8, 4) is 10.7 Å². The number of hydrogen-bond acceptors (Lipinski definition) is 7. The van der Waals surface area contributed by atoms with Crippen LogP contribution in [0.1, 0.15) is 0 Å². The van der Waals surface area contributed by atoms with Gasteiger partial charge in [0.25, 0.3) is 0 Å². The lowest BCUT2D eigenvalue weighted by atomic mass is 10.4. The highest BCUT2D eigenvalue weighted by atomic mass is 79.9. The smallest absolute Gasteiger partial charge is 0.247 e. The average Bonchev–Trinajstić information content (AvgIpc) is 2.81. The molecule has 0 aliphatic carbocycles. The first-order chi connectivity index (χ1) is 9.45. The van der Waals surface area contributed by atoms with Crippen LogP contribution in [0.5, 0.6) is 0 Å². The largest absolute Gasteiger partial charge is 0.263 e. The molecule has 0 spiro atoms. The van der Waals surface area contributed by atoms with E-state index in [-0.39, 0.29) is 5.16 Å². The van der Waals surface area contributed by atoms with E-state index in [0.717, 1.165) is 16.5 Å². The predicted molar refractivity (Wildman–Crippen MR) is 79.3 cm³/mol. The molecule has 20 heavy (non-hydrogen) atoms. The van der Waals surface area contributed by atoms with Crippen LogP contribution < -0.4 is 0 Å². The van der Waals surface area contributed by atoms with Gasteiger partial charge in [-0.15, -0.1) is 11.3 Å². The summed E-state index contributed by atoms with van der Waals surface area (Å²) in [7, 11) is -3.46. The second-order valence-electron chi connectivity index (χ2n) is 3.98. The van der Waals surface area contributed by atoms with E-state index in [1.54, 1.807) is 18.5 Å². The van der Waals surface area contributed by atoms with Crippen molar-refractivity contribution in [3.63, 3.8) is 0 Å². The summed E-state index contributed by atoms with van der Waals surface area (Å²) < 4.78 is 24.6. The number of aromatic nitrogens is 4. The molecule has 3 rings (SSSR count). The molecule has 0 aliphatic heterocycles. The molecular formula is C11H7BrN4O2S2. The molecule has 0 aliphatic rings. The number of nitrogens with zero attached hydrogens (tertiary/aromatic N) is 4. The van der Waals surface area contributed by atoms with Crippen LogP contribution in [0.15, 0.2) is 34.3 Å². The highest BCUT2D eigenvalue weighted by Gasteiger charge is 2.17. The summed E-state index contributed by atoms with van der Waals surface area (Å²) in [5, 5.41) is 0.403. The summed E-state index contributed by atoms with van der Waals surface area (Å²) in [6, 6.07) is 1.79. The van der Waals surface area contributed by atoms with Crippen molar-refractivity contribution in [2.45, 2.75) is 5.16 Å². The maximum atomic E-state index is 11.5. The minimum atomic E-state index is -3.46. The van der Waals surface area contributed by atoms with Crippen LogP contribution in [0, 0.1) is 0 Å². The molecule has 3 aromatic rings. The van der Waals surface area contributed by atoms with Crippen molar-refractivity contribution in [2.24, 2.45) is 0 Å². The fraction of sp³-hybridized carbons (Fsp3) is 0.0909. The zero-order valence-electron chi connectivity index (χ0n) is 10.1. The maximum Gasteiger partial charge on any atom is 0.247 e. The van der Waals surface area contributed by atoms with Crippen molar-refractivity contribution >= 4 is 47.3 Å². The molecule has 6 nitrogen and oxygen atoms in total. The van der Waals surface area contributed by atoms with Crippen LogP contribution in [-0.2, 0) is 9.84 Å². The quantitative estimate of drug-likeness (QED) is 0.643. The summed E-state index contributed by atoms with van der Waals surface area (Å²) in [6.45, 7) is 0. The molecule has 0 saturated carbocycles. The Kier molecular flexibility index (Phi) is 3.27. The Balaban J connectivity index is 2.23. The van der Waals surface area contributed by atoms with E-state index in [1.807, 2.05) is 0 Å². The van der Waals surface area contributed by atoms with Gasteiger partial charge >= 0.3 is 0 Å². The summed E-state index contributed by atoms with van der Waals surface area (Å²) in [4.78, 5) is 16.4. The topological polar surface area (TPSA) is 85.7 Å². The zero-order chi connectivity index (χ0) is 14.3. The number of pyridine rings is 1. The Bertz CT molecular complexity index is 875. The van der Waals surface area contributed by atoms with E-state index in [2.05, 4.69) is 35.9 Å². The molecule has 0 N–H and O–H groups in total. The summed E-state index contributed by atoms with van der Waals surface area (Å²) in [5.74, 6) is 0. The monoisotopic (exact) mass is 370 g/mol. The Hall–Kier alpha value is -1.45. The number of hydrogen-bond donors (Lipinski definition) is 0. The molecule has 102 valence electrons. The second-order valence-corrected chi connectivity index (χ2v) is 7.78. The molecule has 0 saturated heterocycles. The van der Waals surface area contributed by atoms with Gasteiger partial charge in [-0.25, -0.2) is 23.4 Å². The van der Waals surface area contributed by atoms with Gasteiger partial charge in [-0.2, -0.15) is 0 Å². The highest BCUT2D eigenvalue weighted by molar-refractivity contribution is 9.10. The first kappa shape index (κ1) is 13.5. The van der Waals surface area contributed by atoms with E-state index in [4.69, 9.17) is 0 Å². The lowest BCUT2D eigenvalue weighted by molar-refractivity contribution is 0.593. The average molecular weight is 371 g/mol. The van der Waals surface area contributed by atoms with Gasteiger partial charge in [-0.05, 0) is 22.0 Å². The second kappa shape index (κ2) is 4.83. The van der Waals surface area contributed by atoms with E-state index < -0.39 is 9.84 Å². The molecule has 3 aromatic heterocycles. The molecule has 0 amide bonds. The van der Waals surface area contributed by atoms with Gasteiger partial charge in [0, 0.05) is 24.8 Å². The summed E-state index contributed by atoms with van der Waals surface area (Å²) in [6.07, 6.45) is 5.86. The minimum Gasteiger partial charge on any atom is -0.263 e. The number of fused-ring (bicyclic) bond motifs is 1. The molecule has 0 fully saturated rings. The lowest BCUT2D eigenvalue weighted by Crippen LogP contribution is -2.04. The van der Waals surface area contributed by atoms with Crippen LogP contribution in [0.2, 0.25) is 0 Å². The molecule has 0 aromatic carbocycles.